The Kier molecular flexibility index (Phi) is 7.75. The van der Waals surface area contributed by atoms with Crippen molar-refractivity contribution in [2.24, 2.45) is 0 Å². The Morgan fingerprint density at radius 3 is 1.61 bits per heavy atom. The summed E-state index contributed by atoms with van der Waals surface area (Å²) in [5.74, 6) is 0. The molecule has 264 valence electrons. The minimum Gasteiger partial charge on any atom is -0.366 e. The molecule has 56 heavy (non-hydrogen) atoms. The van der Waals surface area contributed by atoms with Crippen molar-refractivity contribution >= 4 is 59.6 Å². The molecule has 0 saturated carbocycles. The van der Waals surface area contributed by atoms with Gasteiger partial charge in [0.1, 0.15) is 6.17 Å². The van der Waals surface area contributed by atoms with Gasteiger partial charge < -0.3 is 5.32 Å². The average molecular weight is 715 g/mol. The van der Waals surface area contributed by atoms with Crippen LogP contribution in [0.5, 0.6) is 0 Å². The van der Waals surface area contributed by atoms with Crippen molar-refractivity contribution in [2.45, 2.75) is 12.2 Å². The fourth-order valence-corrected chi connectivity index (χ4v) is 8.86. The summed E-state index contributed by atoms with van der Waals surface area (Å²) >= 11 is 0. The first-order valence-electron chi connectivity index (χ1n) is 19.5. The molecule has 2 atom stereocenters. The van der Waals surface area contributed by atoms with E-state index in [1.54, 1.807) is 0 Å². The van der Waals surface area contributed by atoms with Gasteiger partial charge in [0.15, 0.2) is 0 Å². The minimum absolute atomic E-state index is 0.00381. The summed E-state index contributed by atoms with van der Waals surface area (Å²) in [7, 11) is 0. The molecule has 0 radical (unpaired) electrons. The first kappa shape index (κ1) is 32.4. The Morgan fingerprint density at radius 1 is 0.321 bits per heavy atom. The Labute approximate surface area is 326 Å². The molecule has 0 saturated heterocycles. The second-order valence-electron chi connectivity index (χ2n) is 15.0. The Balaban J connectivity index is 1.01. The van der Waals surface area contributed by atoms with E-state index in [-0.39, 0.29) is 12.2 Å². The molecular weight excluding hydrogens is 677 g/mol. The van der Waals surface area contributed by atoms with Crippen LogP contribution in [0.25, 0.3) is 81.8 Å². The highest BCUT2D eigenvalue weighted by atomic mass is 15.2. The highest BCUT2D eigenvalue weighted by molar-refractivity contribution is 6.20. The normalized spacial score (nSPS) is 15.7. The summed E-state index contributed by atoms with van der Waals surface area (Å²) in [4.78, 5) is 0. The van der Waals surface area contributed by atoms with Crippen molar-refractivity contribution in [1.29, 1.82) is 0 Å². The maximum atomic E-state index is 3.95. The minimum atomic E-state index is -0.0907. The predicted molar refractivity (Wildman–Crippen MR) is 237 cm³/mol. The van der Waals surface area contributed by atoms with Crippen LogP contribution >= 0.6 is 0 Å². The Bertz CT molecular complexity index is 3120. The van der Waals surface area contributed by atoms with E-state index in [9.17, 15) is 0 Å². The number of fused-ring (bicyclic) bond motifs is 7. The quantitative estimate of drug-likeness (QED) is 0.137. The molecular formula is C54H38N2. The molecule has 10 aromatic rings. The molecule has 0 bridgehead atoms. The lowest BCUT2D eigenvalue weighted by Crippen LogP contribution is -2.39. The van der Waals surface area contributed by atoms with Gasteiger partial charge in [-0.3, -0.25) is 5.32 Å². The monoisotopic (exact) mass is 714 g/mol. The van der Waals surface area contributed by atoms with Crippen LogP contribution in [0.15, 0.2) is 206 Å². The van der Waals surface area contributed by atoms with Gasteiger partial charge in [-0.05, 0) is 111 Å². The first-order valence-corrected chi connectivity index (χ1v) is 19.5. The third-order valence-corrected chi connectivity index (χ3v) is 11.7. The second-order valence-corrected chi connectivity index (χ2v) is 15.0. The molecule has 11 rings (SSSR count). The zero-order chi connectivity index (χ0) is 37.0. The van der Waals surface area contributed by atoms with Gasteiger partial charge in [0.2, 0.25) is 0 Å². The van der Waals surface area contributed by atoms with E-state index >= 15 is 0 Å². The maximum absolute atomic E-state index is 3.95. The van der Waals surface area contributed by atoms with Crippen LogP contribution in [0.4, 0.5) is 0 Å². The van der Waals surface area contributed by atoms with Gasteiger partial charge in [-0.1, -0.05) is 188 Å². The molecule has 2 unspecified atom stereocenters. The molecule has 1 aliphatic heterocycles. The van der Waals surface area contributed by atoms with Crippen LogP contribution in [-0.2, 0) is 0 Å². The molecule has 10 aromatic carbocycles. The topological polar surface area (TPSA) is 24.1 Å². The number of hydrogen-bond acceptors (Lipinski definition) is 2. The van der Waals surface area contributed by atoms with Gasteiger partial charge in [0, 0.05) is 5.70 Å². The van der Waals surface area contributed by atoms with Crippen molar-refractivity contribution in [3.05, 3.63) is 223 Å². The van der Waals surface area contributed by atoms with Crippen molar-refractivity contribution in [3.63, 3.8) is 0 Å². The third-order valence-electron chi connectivity index (χ3n) is 11.7. The van der Waals surface area contributed by atoms with E-state index in [4.69, 9.17) is 0 Å². The smallest absolute Gasteiger partial charge is 0.104 e. The molecule has 2 nitrogen and oxygen atoms in total. The van der Waals surface area contributed by atoms with Crippen molar-refractivity contribution in [1.82, 2.24) is 10.6 Å². The predicted octanol–water partition coefficient (Wildman–Crippen LogP) is 13.8. The van der Waals surface area contributed by atoms with Gasteiger partial charge in [-0.25, -0.2) is 0 Å². The second kappa shape index (κ2) is 13.4. The summed E-state index contributed by atoms with van der Waals surface area (Å²) in [6.45, 7) is 0. The highest BCUT2D eigenvalue weighted by Crippen LogP contribution is 2.40. The Hall–Kier alpha value is -7.00. The van der Waals surface area contributed by atoms with E-state index in [2.05, 4.69) is 217 Å². The zero-order valence-corrected chi connectivity index (χ0v) is 30.8. The summed E-state index contributed by atoms with van der Waals surface area (Å²) < 4.78 is 0. The zero-order valence-electron chi connectivity index (χ0n) is 30.8. The van der Waals surface area contributed by atoms with Crippen LogP contribution in [0.1, 0.15) is 28.9 Å². The molecule has 0 amide bonds. The molecule has 2 heteroatoms. The fourth-order valence-electron chi connectivity index (χ4n) is 8.86. The summed E-state index contributed by atoms with van der Waals surface area (Å²) in [6.07, 6.45) is 2.26. The van der Waals surface area contributed by atoms with E-state index < -0.39 is 0 Å². The van der Waals surface area contributed by atoms with E-state index in [1.807, 2.05) is 0 Å². The molecule has 2 N–H and O–H groups in total. The average Bonchev–Trinajstić information content (AvgIpc) is 3.28. The standard InChI is InChI=1S/C54H38N2/c1-2-10-35(11-3-1)36-18-25-41(26-19-36)54-55-51(34-52(56-54)44-29-30-47-43(32-44)27-20-37-12-4-7-15-45(37)47)39-21-23-40(24-22-39)53-48-17-9-6-14-42(48)33-50-46-16-8-5-13-38(46)28-31-49(50)53/h1-34,52,54-56H. The number of rotatable bonds is 5. The molecule has 0 fully saturated rings. The SMILES string of the molecule is C1=C(c2ccc(-c3c4ccccc4cc4c3ccc3ccccc34)cc2)NC(c2ccc(-c3ccccc3)cc2)NC1c1ccc2c(ccc3ccccc32)c1. The summed E-state index contributed by atoms with van der Waals surface area (Å²) in [6, 6.07) is 73.2. The third kappa shape index (κ3) is 5.62. The van der Waals surface area contributed by atoms with Crippen LogP contribution in [0.2, 0.25) is 0 Å². The van der Waals surface area contributed by atoms with E-state index in [1.165, 1.54) is 87.2 Å². The van der Waals surface area contributed by atoms with Crippen molar-refractivity contribution < 1.29 is 0 Å². The number of nitrogens with one attached hydrogen (secondary N) is 2. The van der Waals surface area contributed by atoms with E-state index in [0.29, 0.717) is 0 Å². The number of benzene rings is 10. The van der Waals surface area contributed by atoms with Crippen LogP contribution in [-0.4, -0.2) is 0 Å². The summed E-state index contributed by atoms with van der Waals surface area (Å²) in [5.41, 5.74) is 9.63. The molecule has 1 aliphatic rings. The first-order chi connectivity index (χ1) is 27.7. The molecule has 0 spiro atoms. The number of hydrogen-bond donors (Lipinski definition) is 2. The van der Waals surface area contributed by atoms with Crippen LogP contribution < -0.4 is 10.6 Å². The highest BCUT2D eigenvalue weighted by Gasteiger charge is 2.25. The van der Waals surface area contributed by atoms with Crippen molar-refractivity contribution in [2.75, 3.05) is 0 Å². The largest absolute Gasteiger partial charge is 0.366 e. The van der Waals surface area contributed by atoms with E-state index in [0.717, 1.165) is 11.3 Å². The van der Waals surface area contributed by atoms with Crippen LogP contribution in [0.3, 0.4) is 0 Å². The lowest BCUT2D eigenvalue weighted by atomic mass is 9.89. The van der Waals surface area contributed by atoms with Gasteiger partial charge in [-0.2, -0.15) is 0 Å². The maximum Gasteiger partial charge on any atom is 0.104 e. The van der Waals surface area contributed by atoms with Gasteiger partial charge >= 0.3 is 0 Å². The lowest BCUT2D eigenvalue weighted by Gasteiger charge is -2.33. The molecule has 0 aliphatic carbocycles. The van der Waals surface area contributed by atoms with Crippen LogP contribution in [0, 0.1) is 0 Å². The Morgan fingerprint density at radius 2 is 0.839 bits per heavy atom. The van der Waals surface area contributed by atoms with Crippen molar-refractivity contribution in [3.8, 4) is 22.3 Å². The molecule has 0 aromatic heterocycles. The molecule has 1 heterocycles. The summed E-state index contributed by atoms with van der Waals surface area (Å²) in [5, 5.41) is 20.6. The van der Waals surface area contributed by atoms with Gasteiger partial charge in [-0.15, -0.1) is 0 Å². The lowest BCUT2D eigenvalue weighted by molar-refractivity contribution is 0.443. The van der Waals surface area contributed by atoms with Gasteiger partial charge in [0.25, 0.3) is 0 Å². The fraction of sp³-hybridized carbons (Fsp3) is 0.0370. The van der Waals surface area contributed by atoms with Gasteiger partial charge in [0.05, 0.1) is 6.04 Å².